The van der Waals surface area contributed by atoms with Crippen LogP contribution in [0.25, 0.3) is 0 Å². The lowest BCUT2D eigenvalue weighted by molar-refractivity contribution is -0.121. The average Bonchev–Trinajstić information content (AvgIpc) is 2.75. The van der Waals surface area contributed by atoms with Crippen LogP contribution in [-0.2, 0) is 16.0 Å². The normalized spacial score (nSPS) is 14.6. The van der Waals surface area contributed by atoms with Crippen LogP contribution in [0.5, 0.6) is 0 Å². The van der Waals surface area contributed by atoms with E-state index in [1.54, 1.807) is 19.1 Å². The molecular formula is C15H22N4O2. The summed E-state index contributed by atoms with van der Waals surface area (Å²) in [5.74, 6) is 0.290. The number of nitrogens with one attached hydrogen (secondary N) is 3. The van der Waals surface area contributed by atoms with Crippen molar-refractivity contribution in [2.45, 2.75) is 33.2 Å². The molecule has 0 fully saturated rings. The lowest BCUT2D eigenvalue weighted by Crippen LogP contribution is -2.39. The number of nitrogens with two attached hydrogens (primary N) is 1. The standard InChI is InChI=1S/C15H22N4O2/c1-8(2)7-17-15(21)9(3)18-13-6-12-10(4-11(13)16)5-14(20)19-12/h4,6,8-9,18H,5,7,16H2,1-3H3,(H,17,21)(H,19,20). The molecular weight excluding hydrogens is 268 g/mol. The second-order valence-corrected chi connectivity index (χ2v) is 5.83. The number of hydrogen-bond acceptors (Lipinski definition) is 4. The van der Waals surface area contributed by atoms with Crippen LogP contribution in [0.2, 0.25) is 0 Å². The molecule has 0 radical (unpaired) electrons. The Morgan fingerprint density at radius 1 is 1.38 bits per heavy atom. The van der Waals surface area contributed by atoms with Gasteiger partial charge in [0.2, 0.25) is 11.8 Å². The van der Waals surface area contributed by atoms with Crippen LogP contribution >= 0.6 is 0 Å². The summed E-state index contributed by atoms with van der Waals surface area (Å²) in [4.78, 5) is 23.3. The monoisotopic (exact) mass is 290 g/mol. The largest absolute Gasteiger partial charge is 0.397 e. The molecule has 0 saturated carbocycles. The van der Waals surface area contributed by atoms with E-state index in [0.29, 0.717) is 30.3 Å². The topological polar surface area (TPSA) is 96.2 Å². The van der Waals surface area contributed by atoms with Gasteiger partial charge in [0.1, 0.15) is 6.04 Å². The van der Waals surface area contributed by atoms with Crippen molar-refractivity contribution in [3.63, 3.8) is 0 Å². The third-order valence-electron chi connectivity index (χ3n) is 3.35. The van der Waals surface area contributed by atoms with E-state index in [0.717, 1.165) is 11.3 Å². The first-order chi connectivity index (χ1) is 9.86. The molecule has 1 aliphatic rings. The zero-order chi connectivity index (χ0) is 15.6. The Kier molecular flexibility index (Phi) is 4.35. The average molecular weight is 290 g/mol. The number of fused-ring (bicyclic) bond motifs is 1. The molecule has 1 aliphatic heterocycles. The van der Waals surface area contributed by atoms with E-state index in [4.69, 9.17) is 5.73 Å². The van der Waals surface area contributed by atoms with Crippen molar-refractivity contribution in [1.29, 1.82) is 0 Å². The van der Waals surface area contributed by atoms with Crippen molar-refractivity contribution in [3.8, 4) is 0 Å². The summed E-state index contributed by atoms with van der Waals surface area (Å²) in [6, 6.07) is 3.15. The maximum Gasteiger partial charge on any atom is 0.242 e. The summed E-state index contributed by atoms with van der Waals surface area (Å²) >= 11 is 0. The van der Waals surface area contributed by atoms with E-state index in [-0.39, 0.29) is 11.8 Å². The second-order valence-electron chi connectivity index (χ2n) is 5.83. The number of hydrogen-bond donors (Lipinski definition) is 4. The van der Waals surface area contributed by atoms with Crippen LogP contribution < -0.4 is 21.7 Å². The summed E-state index contributed by atoms with van der Waals surface area (Å²) in [6.07, 6.45) is 0.351. The number of anilines is 3. The van der Waals surface area contributed by atoms with E-state index in [2.05, 4.69) is 16.0 Å². The van der Waals surface area contributed by atoms with E-state index in [9.17, 15) is 9.59 Å². The first-order valence-electron chi connectivity index (χ1n) is 7.13. The lowest BCUT2D eigenvalue weighted by Gasteiger charge is -2.18. The highest BCUT2D eigenvalue weighted by molar-refractivity contribution is 6.01. The summed E-state index contributed by atoms with van der Waals surface area (Å²) in [5, 5.41) is 8.73. The number of carbonyl (C=O) groups is 2. The predicted octanol–water partition coefficient (Wildman–Crippen LogP) is 1.34. The molecule has 1 aromatic carbocycles. The molecule has 1 atom stereocenters. The van der Waals surface area contributed by atoms with Crippen molar-refractivity contribution in [1.82, 2.24) is 5.32 Å². The number of amides is 2. The number of nitrogen functional groups attached to an aromatic ring is 1. The third-order valence-corrected chi connectivity index (χ3v) is 3.35. The molecule has 21 heavy (non-hydrogen) atoms. The lowest BCUT2D eigenvalue weighted by atomic mass is 10.1. The molecule has 1 unspecified atom stereocenters. The molecule has 2 amide bonds. The fraction of sp³-hybridized carbons (Fsp3) is 0.467. The zero-order valence-electron chi connectivity index (χ0n) is 12.6. The molecule has 6 heteroatoms. The van der Waals surface area contributed by atoms with Gasteiger partial charge in [0.25, 0.3) is 0 Å². The smallest absolute Gasteiger partial charge is 0.242 e. The fourth-order valence-electron chi connectivity index (χ4n) is 2.18. The van der Waals surface area contributed by atoms with Gasteiger partial charge in [-0.2, -0.15) is 0 Å². The molecule has 0 saturated heterocycles. The highest BCUT2D eigenvalue weighted by Gasteiger charge is 2.21. The Morgan fingerprint density at radius 3 is 2.76 bits per heavy atom. The minimum absolute atomic E-state index is 0.0377. The van der Waals surface area contributed by atoms with Gasteiger partial charge in [0.05, 0.1) is 17.8 Å². The van der Waals surface area contributed by atoms with Crippen LogP contribution in [0.3, 0.4) is 0 Å². The van der Waals surface area contributed by atoms with E-state index in [1.165, 1.54) is 0 Å². The van der Waals surface area contributed by atoms with Gasteiger partial charge in [-0.25, -0.2) is 0 Å². The van der Waals surface area contributed by atoms with Gasteiger partial charge in [-0.1, -0.05) is 13.8 Å². The van der Waals surface area contributed by atoms with Gasteiger partial charge in [0.15, 0.2) is 0 Å². The molecule has 1 aromatic rings. The van der Waals surface area contributed by atoms with Crippen LogP contribution in [0.15, 0.2) is 12.1 Å². The van der Waals surface area contributed by atoms with E-state index >= 15 is 0 Å². The van der Waals surface area contributed by atoms with Gasteiger partial charge in [-0.05, 0) is 30.5 Å². The fourth-order valence-corrected chi connectivity index (χ4v) is 2.18. The minimum Gasteiger partial charge on any atom is -0.397 e. The highest BCUT2D eigenvalue weighted by Crippen LogP contribution is 2.31. The molecule has 6 nitrogen and oxygen atoms in total. The van der Waals surface area contributed by atoms with E-state index < -0.39 is 6.04 Å². The quantitative estimate of drug-likeness (QED) is 0.615. The Morgan fingerprint density at radius 2 is 2.10 bits per heavy atom. The van der Waals surface area contributed by atoms with Gasteiger partial charge in [0, 0.05) is 12.2 Å². The van der Waals surface area contributed by atoms with Crippen LogP contribution in [-0.4, -0.2) is 24.4 Å². The van der Waals surface area contributed by atoms with Gasteiger partial charge in [-0.3, -0.25) is 9.59 Å². The summed E-state index contributed by atoms with van der Waals surface area (Å²) in [5.41, 5.74) is 8.81. The first kappa shape index (κ1) is 15.2. The summed E-state index contributed by atoms with van der Waals surface area (Å²) < 4.78 is 0. The SMILES string of the molecule is CC(C)CNC(=O)C(C)Nc1cc2c(cc1N)CC(=O)N2. The van der Waals surface area contributed by atoms with Crippen LogP contribution in [0.4, 0.5) is 17.1 Å². The maximum atomic E-state index is 12.0. The first-order valence-corrected chi connectivity index (χ1v) is 7.13. The maximum absolute atomic E-state index is 12.0. The number of benzene rings is 1. The Hall–Kier alpha value is -2.24. The predicted molar refractivity (Wildman–Crippen MR) is 84.1 cm³/mol. The second kappa shape index (κ2) is 6.03. The molecule has 0 aliphatic carbocycles. The zero-order valence-corrected chi connectivity index (χ0v) is 12.6. The highest BCUT2D eigenvalue weighted by atomic mass is 16.2. The van der Waals surface area contributed by atoms with Crippen LogP contribution in [0, 0.1) is 5.92 Å². The summed E-state index contributed by atoms with van der Waals surface area (Å²) in [6.45, 7) is 6.50. The minimum atomic E-state index is -0.402. The van der Waals surface area contributed by atoms with Crippen molar-refractivity contribution in [3.05, 3.63) is 17.7 Å². The number of carbonyl (C=O) groups excluding carboxylic acids is 2. The van der Waals surface area contributed by atoms with Gasteiger partial charge >= 0.3 is 0 Å². The molecule has 2 rings (SSSR count). The van der Waals surface area contributed by atoms with Gasteiger partial charge < -0.3 is 21.7 Å². The molecule has 1 heterocycles. The third kappa shape index (κ3) is 3.65. The molecule has 0 spiro atoms. The molecule has 0 bridgehead atoms. The molecule has 0 aromatic heterocycles. The molecule has 5 N–H and O–H groups in total. The Balaban J connectivity index is 2.04. The Labute approximate surface area is 124 Å². The van der Waals surface area contributed by atoms with Gasteiger partial charge in [-0.15, -0.1) is 0 Å². The molecule has 114 valence electrons. The van der Waals surface area contributed by atoms with Crippen molar-refractivity contribution >= 4 is 28.9 Å². The summed E-state index contributed by atoms with van der Waals surface area (Å²) in [7, 11) is 0. The van der Waals surface area contributed by atoms with Crippen molar-refractivity contribution in [2.24, 2.45) is 5.92 Å². The van der Waals surface area contributed by atoms with Crippen molar-refractivity contribution in [2.75, 3.05) is 22.9 Å². The number of rotatable bonds is 5. The van der Waals surface area contributed by atoms with Crippen molar-refractivity contribution < 1.29 is 9.59 Å². The Bertz CT molecular complexity index is 569. The van der Waals surface area contributed by atoms with E-state index in [1.807, 2.05) is 13.8 Å². The van der Waals surface area contributed by atoms with Crippen LogP contribution in [0.1, 0.15) is 26.3 Å².